The Kier molecular flexibility index (Phi) is 3.69. The summed E-state index contributed by atoms with van der Waals surface area (Å²) >= 11 is 0. The van der Waals surface area contributed by atoms with Crippen LogP contribution in [0, 0.1) is 6.92 Å². The van der Waals surface area contributed by atoms with Crippen molar-refractivity contribution in [3.05, 3.63) is 51.8 Å². The van der Waals surface area contributed by atoms with Crippen LogP contribution in [0.3, 0.4) is 0 Å². The maximum Gasteiger partial charge on any atom is 0.438 e. The van der Waals surface area contributed by atoms with Crippen LogP contribution in [0.25, 0.3) is 0 Å². The van der Waals surface area contributed by atoms with E-state index in [9.17, 15) is 4.79 Å². The van der Waals surface area contributed by atoms with Gasteiger partial charge in [-0.15, -0.1) is 0 Å². The van der Waals surface area contributed by atoms with E-state index in [4.69, 9.17) is 0 Å². The van der Waals surface area contributed by atoms with Gasteiger partial charge in [0.15, 0.2) is 5.82 Å². The van der Waals surface area contributed by atoms with Crippen LogP contribution in [0.2, 0.25) is 0 Å². The highest BCUT2D eigenvalue weighted by molar-refractivity contribution is 5.25. The molecule has 1 atom stereocenters. The van der Waals surface area contributed by atoms with Gasteiger partial charge in [0.1, 0.15) is 0 Å². The fourth-order valence-corrected chi connectivity index (χ4v) is 2.85. The van der Waals surface area contributed by atoms with Crippen molar-refractivity contribution >= 4 is 0 Å². The van der Waals surface area contributed by atoms with Crippen LogP contribution in [0.5, 0.6) is 0 Å². The molecule has 0 aliphatic carbocycles. The molecule has 5 nitrogen and oxygen atoms in total. The lowest BCUT2D eigenvalue weighted by Crippen LogP contribution is -2.34. The average Bonchev–Trinajstić information content (AvgIpc) is 2.85. The lowest BCUT2D eigenvalue weighted by Gasteiger charge is -2.32. The molecule has 1 unspecified atom stereocenters. The number of hydrogen-bond donors (Lipinski definition) is 1. The number of hydrogen-bond acceptors (Lipinski definition) is 4. The molecule has 1 aromatic carbocycles. The third kappa shape index (κ3) is 2.99. The van der Waals surface area contributed by atoms with E-state index in [0.29, 0.717) is 18.3 Å². The molecule has 0 saturated carbocycles. The molecule has 106 valence electrons. The Bertz CT molecular complexity index is 615. The van der Waals surface area contributed by atoms with Gasteiger partial charge in [0.2, 0.25) is 0 Å². The monoisotopic (exact) mass is 273 g/mol. The Labute approximate surface area is 117 Å². The van der Waals surface area contributed by atoms with Crippen LogP contribution in [0.1, 0.15) is 35.7 Å². The van der Waals surface area contributed by atoms with Crippen molar-refractivity contribution in [1.82, 2.24) is 15.0 Å². The highest BCUT2D eigenvalue weighted by Crippen LogP contribution is 2.27. The zero-order valence-electron chi connectivity index (χ0n) is 11.6. The van der Waals surface area contributed by atoms with Gasteiger partial charge in [-0.2, -0.15) is 0 Å². The van der Waals surface area contributed by atoms with E-state index in [1.165, 1.54) is 24.0 Å². The largest absolute Gasteiger partial charge is 0.438 e. The van der Waals surface area contributed by atoms with Gasteiger partial charge in [-0.1, -0.05) is 35.0 Å². The minimum Gasteiger partial charge on any atom is -0.296 e. The number of piperidine rings is 1. The van der Waals surface area contributed by atoms with Gasteiger partial charge in [0.25, 0.3) is 0 Å². The fraction of sp³-hybridized carbons (Fsp3) is 0.467. The summed E-state index contributed by atoms with van der Waals surface area (Å²) in [6, 6.07) is 8.79. The highest BCUT2D eigenvalue weighted by atomic mass is 16.5. The topological polar surface area (TPSA) is 62.1 Å². The van der Waals surface area contributed by atoms with Crippen LogP contribution < -0.4 is 5.76 Å². The van der Waals surface area contributed by atoms with Crippen molar-refractivity contribution in [3.63, 3.8) is 0 Å². The van der Waals surface area contributed by atoms with E-state index in [-0.39, 0.29) is 0 Å². The second-order valence-electron chi connectivity index (χ2n) is 5.53. The molecular formula is C15H19N3O2. The summed E-state index contributed by atoms with van der Waals surface area (Å²) in [5.41, 5.74) is 2.69. The summed E-state index contributed by atoms with van der Waals surface area (Å²) in [5.74, 6) is 0.689. The Morgan fingerprint density at radius 2 is 2.20 bits per heavy atom. The predicted octanol–water partition coefficient (Wildman–Crippen LogP) is 2.05. The van der Waals surface area contributed by atoms with Crippen molar-refractivity contribution in [2.24, 2.45) is 0 Å². The molecule has 3 rings (SSSR count). The Balaban J connectivity index is 1.67. The zero-order chi connectivity index (χ0) is 13.9. The van der Waals surface area contributed by atoms with E-state index in [0.717, 1.165) is 13.1 Å². The maximum absolute atomic E-state index is 10.9. The van der Waals surface area contributed by atoms with Crippen LogP contribution in [-0.2, 0) is 6.54 Å². The van der Waals surface area contributed by atoms with Crippen LogP contribution in [0.15, 0.2) is 33.6 Å². The number of nitrogens with one attached hydrogen (secondary N) is 1. The number of aryl methyl sites for hydroxylation is 1. The van der Waals surface area contributed by atoms with E-state index >= 15 is 0 Å². The Morgan fingerprint density at radius 3 is 2.90 bits per heavy atom. The Hall–Kier alpha value is -1.88. The van der Waals surface area contributed by atoms with Crippen LogP contribution in [-0.4, -0.2) is 28.1 Å². The lowest BCUT2D eigenvalue weighted by atomic mass is 9.90. The molecular weight excluding hydrogens is 254 g/mol. The molecule has 1 saturated heterocycles. The van der Waals surface area contributed by atoms with E-state index in [2.05, 4.69) is 50.8 Å². The summed E-state index contributed by atoms with van der Waals surface area (Å²) < 4.78 is 4.54. The molecule has 1 aliphatic heterocycles. The smallest absolute Gasteiger partial charge is 0.296 e. The molecule has 1 fully saturated rings. The first-order chi connectivity index (χ1) is 9.70. The molecule has 0 radical (unpaired) electrons. The van der Waals surface area contributed by atoms with E-state index in [1.807, 2.05) is 0 Å². The number of aromatic amines is 1. The molecule has 0 spiro atoms. The normalized spacial score (nSPS) is 20.1. The number of nitrogens with zero attached hydrogens (tertiary/aromatic N) is 2. The van der Waals surface area contributed by atoms with Crippen molar-refractivity contribution in [2.45, 2.75) is 32.2 Å². The summed E-state index contributed by atoms with van der Waals surface area (Å²) in [5, 5.41) is 3.73. The molecule has 1 N–H and O–H groups in total. The fourth-order valence-electron chi connectivity index (χ4n) is 2.85. The average molecular weight is 273 g/mol. The quantitative estimate of drug-likeness (QED) is 0.929. The van der Waals surface area contributed by atoms with Crippen molar-refractivity contribution in [1.29, 1.82) is 0 Å². The molecule has 2 heterocycles. The minimum absolute atomic E-state index is 0.480. The number of benzene rings is 1. The summed E-state index contributed by atoms with van der Waals surface area (Å²) in [6.07, 6.45) is 2.38. The summed E-state index contributed by atoms with van der Waals surface area (Å²) in [7, 11) is 0. The van der Waals surface area contributed by atoms with E-state index < -0.39 is 5.76 Å². The second kappa shape index (κ2) is 5.63. The standard InChI is InChI=1S/C15H19N3O2/c1-11-4-6-12(7-5-11)13-3-2-8-18(9-13)10-14-16-15(19)20-17-14/h4-7,13H,2-3,8-10H2,1H3,(H,16,17,19). The zero-order valence-corrected chi connectivity index (χ0v) is 11.6. The highest BCUT2D eigenvalue weighted by Gasteiger charge is 2.22. The SMILES string of the molecule is Cc1ccc(C2CCCN(Cc3noc(=O)[nH]3)C2)cc1. The minimum atomic E-state index is -0.480. The third-order valence-corrected chi connectivity index (χ3v) is 3.91. The summed E-state index contributed by atoms with van der Waals surface area (Å²) in [6.45, 7) is 4.79. The van der Waals surface area contributed by atoms with Gasteiger partial charge in [0.05, 0.1) is 6.54 Å². The van der Waals surface area contributed by atoms with Crippen molar-refractivity contribution in [3.8, 4) is 0 Å². The van der Waals surface area contributed by atoms with Gasteiger partial charge in [-0.05, 0) is 37.8 Å². The second-order valence-corrected chi connectivity index (χ2v) is 5.53. The van der Waals surface area contributed by atoms with Gasteiger partial charge in [-0.3, -0.25) is 14.4 Å². The molecule has 5 heteroatoms. The molecule has 1 aliphatic rings. The first kappa shape index (κ1) is 13.1. The first-order valence-corrected chi connectivity index (χ1v) is 7.04. The number of likely N-dealkylation sites (tertiary alicyclic amines) is 1. The number of rotatable bonds is 3. The van der Waals surface area contributed by atoms with Crippen molar-refractivity contribution < 1.29 is 4.52 Å². The number of aromatic nitrogens is 2. The molecule has 0 bridgehead atoms. The molecule has 1 aromatic heterocycles. The van der Waals surface area contributed by atoms with Gasteiger partial charge in [-0.25, -0.2) is 4.79 Å². The molecule has 20 heavy (non-hydrogen) atoms. The van der Waals surface area contributed by atoms with Crippen LogP contribution in [0.4, 0.5) is 0 Å². The Morgan fingerprint density at radius 1 is 1.40 bits per heavy atom. The number of H-pyrrole nitrogens is 1. The van der Waals surface area contributed by atoms with Gasteiger partial charge in [0, 0.05) is 6.54 Å². The third-order valence-electron chi connectivity index (χ3n) is 3.91. The van der Waals surface area contributed by atoms with Gasteiger partial charge >= 0.3 is 5.76 Å². The maximum atomic E-state index is 10.9. The summed E-state index contributed by atoms with van der Waals surface area (Å²) in [4.78, 5) is 15.9. The first-order valence-electron chi connectivity index (χ1n) is 7.04. The molecule has 2 aromatic rings. The lowest BCUT2D eigenvalue weighted by molar-refractivity contribution is 0.193. The van der Waals surface area contributed by atoms with Gasteiger partial charge < -0.3 is 0 Å². The van der Waals surface area contributed by atoms with Crippen LogP contribution >= 0.6 is 0 Å². The van der Waals surface area contributed by atoms with E-state index in [1.54, 1.807) is 0 Å². The molecule has 0 amide bonds. The van der Waals surface area contributed by atoms with Crippen molar-refractivity contribution in [2.75, 3.05) is 13.1 Å². The predicted molar refractivity (Wildman–Crippen MR) is 75.6 cm³/mol.